The van der Waals surface area contributed by atoms with Gasteiger partial charge in [0, 0.05) is 24.1 Å². The molecule has 13 heteroatoms. The molecule has 0 aromatic heterocycles. The second-order valence-electron chi connectivity index (χ2n) is 5.45. The molecule has 0 saturated heterocycles. The Bertz CT molecular complexity index is 780. The van der Waals surface area contributed by atoms with Crippen LogP contribution in [0.5, 0.6) is 0 Å². The highest BCUT2D eigenvalue weighted by atomic mass is 16.8. The quantitative estimate of drug-likeness (QED) is 0.178. The van der Waals surface area contributed by atoms with Crippen molar-refractivity contribution in [1.29, 1.82) is 0 Å². The summed E-state index contributed by atoms with van der Waals surface area (Å²) in [4.78, 5) is 12.4. The average Bonchev–Trinajstić information content (AvgIpc) is 2.61. The average molecular weight is 384 g/mol. The van der Waals surface area contributed by atoms with Crippen LogP contribution in [0.15, 0.2) is 36.4 Å². The van der Waals surface area contributed by atoms with Crippen molar-refractivity contribution in [2.75, 3.05) is 0 Å². The highest BCUT2D eigenvalue weighted by Crippen LogP contribution is 2.25. The fourth-order valence-corrected chi connectivity index (χ4v) is 2.43. The number of hydrogen-bond donors (Lipinski definition) is 8. The van der Waals surface area contributed by atoms with E-state index in [0.29, 0.717) is 0 Å². The number of ketones is 1. The van der Waals surface area contributed by atoms with Crippen LogP contribution >= 0.6 is 0 Å². The van der Waals surface area contributed by atoms with Gasteiger partial charge in [0.2, 0.25) is 0 Å². The van der Waals surface area contributed by atoms with Gasteiger partial charge in [0.05, 0.1) is 17.7 Å². The number of Topliss-reactive ketones (excluding diaryl/α,β-unsaturated/α-hetero) is 1. The zero-order valence-corrected chi connectivity index (χ0v) is 13.5. The third kappa shape index (κ3) is 4.87. The Labute approximate surface area is 150 Å². The van der Waals surface area contributed by atoms with E-state index >= 15 is 0 Å². The van der Waals surface area contributed by atoms with E-state index in [1.807, 2.05) is 0 Å². The first-order chi connectivity index (χ1) is 12.6. The van der Waals surface area contributed by atoms with Crippen LogP contribution in [-0.4, -0.2) is 26.6 Å². The fraction of sp³-hybridized carbons (Fsp3) is 0.0714. The van der Waals surface area contributed by atoms with Gasteiger partial charge in [0.1, 0.15) is 0 Å². The SMILES string of the molecule is O=C(Cc1c([NH+]([O-])O)cc([NH+]([O-])O)cc1[NH+]([O-])O)c1ccc([NH+]([O-])O)cc1. The molecule has 0 bridgehead atoms. The lowest BCUT2D eigenvalue weighted by atomic mass is 9.99. The summed E-state index contributed by atoms with van der Waals surface area (Å²) in [6.45, 7) is 0. The Hall–Kier alpha value is -2.37. The van der Waals surface area contributed by atoms with Crippen molar-refractivity contribution in [1.82, 2.24) is 0 Å². The Morgan fingerprint density at radius 2 is 1.19 bits per heavy atom. The third-order valence-electron chi connectivity index (χ3n) is 3.75. The van der Waals surface area contributed by atoms with Crippen LogP contribution in [-0.2, 0) is 6.42 Å². The summed E-state index contributed by atoms with van der Waals surface area (Å²) >= 11 is 0. The number of quaternary nitrogens is 4. The lowest BCUT2D eigenvalue weighted by Crippen LogP contribution is -3.03. The normalized spacial score (nSPS) is 15.9. The molecule has 0 amide bonds. The van der Waals surface area contributed by atoms with Gasteiger partial charge in [0.25, 0.3) is 0 Å². The first kappa shape index (κ1) is 20.9. The highest BCUT2D eigenvalue weighted by Gasteiger charge is 2.26. The fourth-order valence-electron chi connectivity index (χ4n) is 2.43. The molecule has 0 spiro atoms. The van der Waals surface area contributed by atoms with Gasteiger partial charge in [0.15, 0.2) is 28.5 Å². The smallest absolute Gasteiger partial charge is 0.179 e. The molecule has 4 atom stereocenters. The molecule has 0 radical (unpaired) electrons. The maximum absolute atomic E-state index is 12.4. The summed E-state index contributed by atoms with van der Waals surface area (Å²) in [6.07, 6.45) is -0.615. The minimum absolute atomic E-state index is 0.0509. The number of nitrogens with one attached hydrogen (secondary N) is 4. The molecule has 0 aliphatic heterocycles. The van der Waals surface area contributed by atoms with E-state index in [-0.39, 0.29) is 16.8 Å². The molecule has 13 nitrogen and oxygen atoms in total. The van der Waals surface area contributed by atoms with Crippen LogP contribution in [0.3, 0.4) is 0 Å². The molecular weight excluding hydrogens is 368 g/mol. The molecule has 4 unspecified atom stereocenters. The Kier molecular flexibility index (Phi) is 6.63. The van der Waals surface area contributed by atoms with E-state index in [2.05, 4.69) is 0 Å². The third-order valence-corrected chi connectivity index (χ3v) is 3.75. The Morgan fingerprint density at radius 3 is 1.56 bits per heavy atom. The van der Waals surface area contributed by atoms with Crippen LogP contribution in [0, 0.1) is 20.8 Å². The number of benzene rings is 2. The van der Waals surface area contributed by atoms with Gasteiger partial charge < -0.3 is 20.8 Å². The first-order valence-electron chi connectivity index (χ1n) is 7.35. The van der Waals surface area contributed by atoms with Crippen LogP contribution in [0.1, 0.15) is 15.9 Å². The van der Waals surface area contributed by atoms with E-state index in [4.69, 9.17) is 10.4 Å². The van der Waals surface area contributed by atoms with Gasteiger partial charge in [-0.2, -0.15) is 20.9 Å². The molecule has 8 N–H and O–H groups in total. The van der Waals surface area contributed by atoms with Crippen LogP contribution in [0.2, 0.25) is 0 Å². The zero-order valence-electron chi connectivity index (χ0n) is 13.5. The molecular formula is C14H16N4O9. The Morgan fingerprint density at radius 1 is 0.741 bits per heavy atom. The Balaban J connectivity index is 2.45. The van der Waals surface area contributed by atoms with E-state index in [1.54, 1.807) is 0 Å². The molecule has 0 heterocycles. The van der Waals surface area contributed by atoms with Gasteiger partial charge in [-0.25, -0.2) is 20.8 Å². The number of carbonyl (C=O) groups is 1. The zero-order chi connectivity index (χ0) is 20.3. The summed E-state index contributed by atoms with van der Waals surface area (Å²) in [5.41, 5.74) is -2.10. The second-order valence-corrected chi connectivity index (χ2v) is 5.45. The van der Waals surface area contributed by atoms with E-state index < -0.39 is 50.2 Å². The first-order valence-corrected chi connectivity index (χ1v) is 7.35. The summed E-state index contributed by atoms with van der Waals surface area (Å²) in [7, 11) is 0. The molecule has 0 saturated carbocycles. The highest BCUT2D eigenvalue weighted by molar-refractivity contribution is 5.98. The van der Waals surface area contributed by atoms with Crippen LogP contribution in [0.4, 0.5) is 22.7 Å². The van der Waals surface area contributed by atoms with Crippen molar-refractivity contribution in [3.63, 3.8) is 0 Å². The molecule has 2 aromatic rings. The van der Waals surface area contributed by atoms with Crippen LogP contribution < -0.4 is 20.9 Å². The molecule has 0 aliphatic rings. The van der Waals surface area contributed by atoms with Crippen molar-refractivity contribution < 1.29 is 46.5 Å². The minimum Gasteiger partial charge on any atom is -0.595 e. The molecule has 27 heavy (non-hydrogen) atoms. The molecule has 0 aliphatic carbocycles. The maximum Gasteiger partial charge on any atom is 0.179 e. The van der Waals surface area contributed by atoms with Crippen molar-refractivity contribution in [2.45, 2.75) is 6.42 Å². The lowest BCUT2D eigenvalue weighted by Gasteiger charge is -2.22. The topological polar surface area (TPSA) is 208 Å². The predicted molar refractivity (Wildman–Crippen MR) is 84.0 cm³/mol. The van der Waals surface area contributed by atoms with Gasteiger partial charge in [-0.05, 0) is 12.1 Å². The number of carbonyl (C=O) groups excluding carboxylic acids is 1. The van der Waals surface area contributed by atoms with Crippen molar-refractivity contribution in [3.05, 3.63) is 68.4 Å². The maximum atomic E-state index is 12.4. The summed E-state index contributed by atoms with van der Waals surface area (Å²) in [5, 5.41) is 75.4. The monoisotopic (exact) mass is 384 g/mol. The number of hydrogen-bond acceptors (Lipinski definition) is 9. The standard InChI is InChI=1S/C14H16N4O9/c19-14(8-1-3-9(4-2-8)15(20)21)7-11-12(17(24)25)5-10(16(22)23)6-13(11)18(26)27/h1-6,15-18,20,22,24,26H,7H2. The molecule has 2 rings (SSSR count). The predicted octanol–water partition coefficient (Wildman–Crippen LogP) is -3.27. The van der Waals surface area contributed by atoms with Crippen molar-refractivity contribution >= 4 is 28.5 Å². The summed E-state index contributed by atoms with van der Waals surface area (Å²) < 4.78 is 0. The van der Waals surface area contributed by atoms with E-state index in [0.717, 1.165) is 12.1 Å². The van der Waals surface area contributed by atoms with E-state index in [1.165, 1.54) is 24.3 Å². The van der Waals surface area contributed by atoms with Gasteiger partial charge in [-0.3, -0.25) is 4.79 Å². The van der Waals surface area contributed by atoms with Crippen molar-refractivity contribution in [2.24, 2.45) is 0 Å². The van der Waals surface area contributed by atoms with Crippen LogP contribution in [0.25, 0.3) is 0 Å². The van der Waals surface area contributed by atoms with Gasteiger partial charge >= 0.3 is 0 Å². The largest absolute Gasteiger partial charge is 0.595 e. The second kappa shape index (κ2) is 8.55. The molecule has 2 aromatic carbocycles. The van der Waals surface area contributed by atoms with Crippen molar-refractivity contribution in [3.8, 4) is 0 Å². The minimum atomic E-state index is -1.58. The number of rotatable bonds is 7. The summed E-state index contributed by atoms with van der Waals surface area (Å²) in [6, 6.07) is 6.37. The summed E-state index contributed by atoms with van der Waals surface area (Å²) in [5.74, 6) is -0.653. The van der Waals surface area contributed by atoms with Gasteiger partial charge in [-0.1, -0.05) is 0 Å². The molecule has 0 fully saturated rings. The van der Waals surface area contributed by atoms with Gasteiger partial charge in [-0.15, -0.1) is 0 Å². The molecule has 146 valence electrons. The lowest BCUT2D eigenvalue weighted by molar-refractivity contribution is -1.00. The van der Waals surface area contributed by atoms with E-state index in [9.17, 15) is 36.0 Å².